The molecule has 0 unspecified atom stereocenters. The maximum absolute atomic E-state index is 12.4. The summed E-state index contributed by atoms with van der Waals surface area (Å²) in [6, 6.07) is 7.25. The zero-order valence-corrected chi connectivity index (χ0v) is 15.8. The number of rotatable bonds is 5. The van der Waals surface area contributed by atoms with Crippen molar-refractivity contribution in [3.05, 3.63) is 34.9 Å². The van der Waals surface area contributed by atoms with E-state index in [0.29, 0.717) is 17.7 Å². The van der Waals surface area contributed by atoms with E-state index in [4.69, 9.17) is 0 Å². The third-order valence-electron chi connectivity index (χ3n) is 4.56. The highest BCUT2D eigenvalue weighted by Gasteiger charge is 2.21. The Labute approximate surface area is 145 Å². The van der Waals surface area contributed by atoms with Crippen molar-refractivity contribution in [2.45, 2.75) is 44.9 Å². The van der Waals surface area contributed by atoms with Crippen LogP contribution in [0.5, 0.6) is 0 Å². The first-order valence-electron chi connectivity index (χ1n) is 8.55. The number of thioether (sulfide) groups is 1. The fourth-order valence-electron chi connectivity index (χ4n) is 3.34. The quantitative estimate of drug-likeness (QED) is 0.824. The molecule has 1 aromatic rings. The van der Waals surface area contributed by atoms with Crippen LogP contribution in [0.15, 0.2) is 18.2 Å². The average molecular weight is 335 g/mol. The number of benzene rings is 1. The van der Waals surface area contributed by atoms with E-state index in [-0.39, 0.29) is 0 Å². The summed E-state index contributed by atoms with van der Waals surface area (Å²) in [6.07, 6.45) is 3.42. The van der Waals surface area contributed by atoms with Gasteiger partial charge in [0.15, 0.2) is 0 Å². The van der Waals surface area contributed by atoms with Gasteiger partial charge in [0.2, 0.25) is 5.91 Å². The van der Waals surface area contributed by atoms with E-state index >= 15 is 0 Å². The van der Waals surface area contributed by atoms with Gasteiger partial charge in [-0.15, -0.1) is 11.8 Å². The van der Waals surface area contributed by atoms with Gasteiger partial charge in [-0.1, -0.05) is 29.3 Å². The van der Waals surface area contributed by atoms with Crippen molar-refractivity contribution in [1.82, 2.24) is 9.80 Å². The second-order valence-electron chi connectivity index (χ2n) is 6.92. The molecule has 0 saturated carbocycles. The maximum atomic E-state index is 12.4. The lowest BCUT2D eigenvalue weighted by atomic mass is 10.1. The second kappa shape index (κ2) is 8.74. The number of aryl methyl sites for hydroxylation is 2. The van der Waals surface area contributed by atoms with Crippen molar-refractivity contribution in [2.75, 3.05) is 32.9 Å². The van der Waals surface area contributed by atoms with E-state index in [1.54, 1.807) is 11.8 Å². The van der Waals surface area contributed by atoms with Crippen molar-refractivity contribution in [3.8, 4) is 0 Å². The first-order valence-corrected chi connectivity index (χ1v) is 9.70. The Morgan fingerprint density at radius 3 is 2.52 bits per heavy atom. The number of hydrogen-bond donors (Lipinski definition) is 0. The summed E-state index contributed by atoms with van der Waals surface area (Å²) >= 11 is 1.74. The molecule has 0 spiro atoms. The van der Waals surface area contributed by atoms with Gasteiger partial charge in [0.05, 0.1) is 5.75 Å². The van der Waals surface area contributed by atoms with Gasteiger partial charge in [-0.3, -0.25) is 4.79 Å². The summed E-state index contributed by atoms with van der Waals surface area (Å²) in [5.41, 5.74) is 3.92. The van der Waals surface area contributed by atoms with Crippen LogP contribution in [0.2, 0.25) is 0 Å². The van der Waals surface area contributed by atoms with Gasteiger partial charge in [-0.05, 0) is 52.8 Å². The van der Waals surface area contributed by atoms with Crippen molar-refractivity contribution in [3.63, 3.8) is 0 Å². The molecule has 1 amide bonds. The average Bonchev–Trinajstić information content (AvgIpc) is 2.72. The monoisotopic (exact) mass is 334 g/mol. The van der Waals surface area contributed by atoms with Crippen LogP contribution in [0.3, 0.4) is 0 Å². The molecule has 23 heavy (non-hydrogen) atoms. The Morgan fingerprint density at radius 2 is 1.87 bits per heavy atom. The summed E-state index contributed by atoms with van der Waals surface area (Å²) in [5.74, 6) is 1.82. The Kier molecular flexibility index (Phi) is 6.97. The van der Waals surface area contributed by atoms with Crippen LogP contribution >= 0.6 is 11.8 Å². The number of nitrogens with zero attached hydrogens (tertiary/aromatic N) is 2. The van der Waals surface area contributed by atoms with Gasteiger partial charge in [0.1, 0.15) is 0 Å². The van der Waals surface area contributed by atoms with E-state index in [0.717, 1.165) is 31.7 Å². The first-order chi connectivity index (χ1) is 11.0. The summed E-state index contributed by atoms with van der Waals surface area (Å²) in [5, 5.41) is 0. The standard InChI is InChI=1S/C19H30N2OS/c1-15-10-16(2)12-17(11-15)13-23-14-19(22)21-8-5-6-18(7-9-21)20(3)4/h10-12,18H,5-9,13-14H2,1-4H3/t18-/m0/s1. The van der Waals surface area contributed by atoms with Gasteiger partial charge >= 0.3 is 0 Å². The Hall–Kier alpha value is -1.00. The molecular formula is C19H30N2OS. The molecule has 0 bridgehead atoms. The zero-order chi connectivity index (χ0) is 16.8. The molecule has 1 atom stereocenters. The lowest BCUT2D eigenvalue weighted by Gasteiger charge is -2.23. The molecule has 0 N–H and O–H groups in total. The molecule has 1 fully saturated rings. The van der Waals surface area contributed by atoms with Crippen molar-refractivity contribution in [1.29, 1.82) is 0 Å². The minimum atomic E-state index is 0.304. The van der Waals surface area contributed by atoms with Gasteiger partial charge in [0.25, 0.3) is 0 Å². The van der Waals surface area contributed by atoms with Crippen LogP contribution in [-0.4, -0.2) is 54.7 Å². The topological polar surface area (TPSA) is 23.6 Å². The molecule has 128 valence electrons. The van der Waals surface area contributed by atoms with Gasteiger partial charge in [-0.25, -0.2) is 0 Å². The number of carbonyl (C=O) groups is 1. The van der Waals surface area contributed by atoms with Crippen LogP contribution in [0.4, 0.5) is 0 Å². The van der Waals surface area contributed by atoms with Crippen LogP contribution in [0.1, 0.15) is 36.0 Å². The Balaban J connectivity index is 1.78. The minimum absolute atomic E-state index is 0.304. The third kappa shape index (κ3) is 5.85. The fraction of sp³-hybridized carbons (Fsp3) is 0.632. The number of amides is 1. The van der Waals surface area contributed by atoms with E-state index in [2.05, 4.69) is 55.9 Å². The summed E-state index contributed by atoms with van der Waals surface area (Å²) < 4.78 is 0. The van der Waals surface area contributed by atoms with E-state index in [9.17, 15) is 4.79 Å². The molecule has 1 heterocycles. The molecule has 0 aromatic heterocycles. The molecule has 3 nitrogen and oxygen atoms in total. The SMILES string of the molecule is Cc1cc(C)cc(CSCC(=O)N2CCC[C@H](N(C)C)CC2)c1. The molecule has 1 aliphatic rings. The van der Waals surface area contributed by atoms with Gasteiger partial charge in [0, 0.05) is 24.9 Å². The van der Waals surface area contributed by atoms with E-state index in [1.807, 2.05) is 0 Å². The highest BCUT2D eigenvalue weighted by atomic mass is 32.2. The van der Waals surface area contributed by atoms with E-state index < -0.39 is 0 Å². The molecule has 1 aliphatic heterocycles. The predicted molar refractivity (Wildman–Crippen MR) is 100.0 cm³/mol. The Morgan fingerprint density at radius 1 is 1.17 bits per heavy atom. The smallest absolute Gasteiger partial charge is 0.232 e. The summed E-state index contributed by atoms with van der Waals surface area (Å²) in [4.78, 5) is 16.8. The fourth-order valence-corrected chi connectivity index (χ4v) is 4.21. The number of carbonyl (C=O) groups excluding carboxylic acids is 1. The van der Waals surface area contributed by atoms with Gasteiger partial charge < -0.3 is 9.80 Å². The van der Waals surface area contributed by atoms with Crippen LogP contribution in [-0.2, 0) is 10.5 Å². The molecule has 0 radical (unpaired) electrons. The zero-order valence-electron chi connectivity index (χ0n) is 15.0. The van der Waals surface area contributed by atoms with Crippen molar-refractivity contribution < 1.29 is 4.79 Å². The third-order valence-corrected chi connectivity index (χ3v) is 5.54. The van der Waals surface area contributed by atoms with Crippen molar-refractivity contribution in [2.24, 2.45) is 0 Å². The largest absolute Gasteiger partial charge is 0.342 e. The van der Waals surface area contributed by atoms with Crippen LogP contribution in [0.25, 0.3) is 0 Å². The lowest BCUT2D eigenvalue weighted by Crippen LogP contribution is -2.34. The van der Waals surface area contributed by atoms with Crippen LogP contribution in [0, 0.1) is 13.8 Å². The predicted octanol–water partition coefficient (Wildman–Crippen LogP) is 3.48. The molecule has 1 aromatic carbocycles. The summed E-state index contributed by atoms with van der Waals surface area (Å²) in [7, 11) is 4.28. The van der Waals surface area contributed by atoms with E-state index in [1.165, 1.54) is 23.1 Å². The number of likely N-dealkylation sites (tertiary alicyclic amines) is 1. The molecule has 1 saturated heterocycles. The lowest BCUT2D eigenvalue weighted by molar-refractivity contribution is -0.128. The molecule has 2 rings (SSSR count). The minimum Gasteiger partial charge on any atom is -0.342 e. The number of hydrogen-bond acceptors (Lipinski definition) is 3. The highest BCUT2D eigenvalue weighted by Crippen LogP contribution is 2.18. The first kappa shape index (κ1) is 18.3. The van der Waals surface area contributed by atoms with Gasteiger partial charge in [-0.2, -0.15) is 0 Å². The normalized spacial score (nSPS) is 19.0. The highest BCUT2D eigenvalue weighted by molar-refractivity contribution is 7.99. The Bertz CT molecular complexity index is 510. The van der Waals surface area contributed by atoms with Crippen molar-refractivity contribution >= 4 is 17.7 Å². The summed E-state index contributed by atoms with van der Waals surface area (Å²) in [6.45, 7) is 6.09. The van der Waals surface area contributed by atoms with Crippen LogP contribution < -0.4 is 0 Å². The molecule has 0 aliphatic carbocycles. The maximum Gasteiger partial charge on any atom is 0.232 e. The molecular weight excluding hydrogens is 304 g/mol. The second-order valence-corrected chi connectivity index (χ2v) is 7.90. The molecule has 4 heteroatoms.